The van der Waals surface area contributed by atoms with Crippen LogP contribution in [0.2, 0.25) is 0 Å². The van der Waals surface area contributed by atoms with Gasteiger partial charge in [0.15, 0.2) is 11.5 Å². The zero-order valence-electron chi connectivity index (χ0n) is 20.8. The molecule has 1 saturated carbocycles. The molecule has 12 heteroatoms. The molecule has 1 aliphatic carbocycles. The van der Waals surface area contributed by atoms with Gasteiger partial charge in [-0.25, -0.2) is 13.2 Å². The number of nitrogens with one attached hydrogen (secondary N) is 2. The van der Waals surface area contributed by atoms with Crippen LogP contribution in [0, 0.1) is 0 Å². The molecule has 2 N–H and O–H groups in total. The summed E-state index contributed by atoms with van der Waals surface area (Å²) in [5.41, 5.74) is -4.42. The predicted octanol–water partition coefficient (Wildman–Crippen LogP) is 4.31. The van der Waals surface area contributed by atoms with Gasteiger partial charge in [0.1, 0.15) is 0 Å². The lowest BCUT2D eigenvalue weighted by molar-refractivity contribution is -0.0436. The van der Waals surface area contributed by atoms with Crippen molar-refractivity contribution in [2.75, 3.05) is 33.1 Å². The Balaban J connectivity index is 1.46. The van der Waals surface area contributed by atoms with Crippen LogP contribution in [-0.2, 0) is 15.3 Å². The molecule has 202 valence electrons. The van der Waals surface area contributed by atoms with Crippen molar-refractivity contribution < 1.29 is 35.9 Å². The minimum Gasteiger partial charge on any atom is -0.493 e. The van der Waals surface area contributed by atoms with E-state index in [0.29, 0.717) is 24.3 Å². The van der Waals surface area contributed by atoms with Gasteiger partial charge in [-0.1, -0.05) is 12.1 Å². The van der Waals surface area contributed by atoms with E-state index in [1.54, 1.807) is 14.2 Å². The van der Waals surface area contributed by atoms with E-state index >= 15 is 0 Å². The van der Waals surface area contributed by atoms with Gasteiger partial charge in [-0.15, -0.1) is 0 Å². The van der Waals surface area contributed by atoms with E-state index in [1.165, 1.54) is 6.07 Å². The van der Waals surface area contributed by atoms with Crippen LogP contribution in [0.5, 0.6) is 11.5 Å². The molecule has 37 heavy (non-hydrogen) atoms. The summed E-state index contributed by atoms with van der Waals surface area (Å²) in [7, 11) is -0.262. The number of likely N-dealkylation sites (N-methyl/N-ethyl adjacent to an activating group) is 1. The largest absolute Gasteiger partial charge is 0.501 e. The number of carbonyl (C=O) groups excluding carboxylic acids is 1. The molecule has 0 aromatic heterocycles. The molecule has 1 saturated heterocycles. The second-order valence-electron chi connectivity index (χ2n) is 9.52. The maximum Gasteiger partial charge on any atom is 0.501 e. The summed E-state index contributed by atoms with van der Waals surface area (Å²) in [6.07, 6.45) is 3.17. The summed E-state index contributed by atoms with van der Waals surface area (Å²) in [5, 5.41) is 5.37. The van der Waals surface area contributed by atoms with E-state index in [9.17, 15) is 26.4 Å². The Hall–Kier alpha value is -2.99. The molecule has 3 unspecified atom stereocenters. The number of sulfone groups is 1. The number of ether oxygens (including phenoxy) is 2. The number of rotatable bonds is 6. The number of fused-ring (bicyclic) bond motifs is 1. The standard InChI is InChI=1S/C25H30F3N3O5S/c1-31-12-11-24(16-7-8-20(35-2)21(13-16)36-3)10-9-18(15-22(24)31)30-23(32)29-17-5-4-6-19(14-17)37(33,34)25(26,27)28/h4-8,13-14,18,22H,9-12,15H2,1-3H3,(H2,29,30,32). The average Bonchev–Trinajstić information content (AvgIpc) is 3.20. The number of anilines is 1. The Morgan fingerprint density at radius 1 is 1.08 bits per heavy atom. The van der Waals surface area contributed by atoms with Crippen LogP contribution < -0.4 is 20.1 Å². The molecular formula is C25H30F3N3O5S. The minimum absolute atomic E-state index is 0.0451. The van der Waals surface area contributed by atoms with Crippen LogP contribution in [0.15, 0.2) is 47.4 Å². The normalized spacial score (nSPS) is 24.3. The predicted molar refractivity (Wildman–Crippen MR) is 132 cm³/mol. The molecule has 0 bridgehead atoms. The van der Waals surface area contributed by atoms with Gasteiger partial charge >= 0.3 is 11.5 Å². The van der Waals surface area contributed by atoms with Crippen molar-refractivity contribution in [1.29, 1.82) is 0 Å². The van der Waals surface area contributed by atoms with E-state index in [-0.39, 0.29) is 23.2 Å². The smallest absolute Gasteiger partial charge is 0.493 e. The average molecular weight is 542 g/mol. The van der Waals surface area contributed by atoms with E-state index in [0.717, 1.165) is 43.1 Å². The fraction of sp³-hybridized carbons (Fsp3) is 0.480. The molecule has 2 fully saturated rings. The van der Waals surface area contributed by atoms with Crippen LogP contribution in [0.3, 0.4) is 0 Å². The van der Waals surface area contributed by atoms with Gasteiger partial charge in [-0.2, -0.15) is 13.2 Å². The van der Waals surface area contributed by atoms with Crippen LogP contribution in [0.25, 0.3) is 0 Å². The molecular weight excluding hydrogens is 511 g/mol. The van der Waals surface area contributed by atoms with Crippen molar-refractivity contribution in [2.45, 2.75) is 53.6 Å². The lowest BCUT2D eigenvalue weighted by atomic mass is 9.65. The SMILES string of the molecule is COc1ccc(C23CCC(NC(=O)Nc4cccc(S(=O)(=O)C(F)(F)F)c4)CC2N(C)CC3)cc1OC. The summed E-state index contributed by atoms with van der Waals surface area (Å²) in [6, 6.07) is 9.51. The fourth-order valence-corrected chi connectivity index (χ4v) is 6.43. The first kappa shape index (κ1) is 27.1. The molecule has 3 atom stereocenters. The number of methoxy groups -OCH3 is 2. The first-order valence-electron chi connectivity index (χ1n) is 11.8. The number of alkyl halides is 3. The lowest BCUT2D eigenvalue weighted by Gasteiger charge is -2.45. The number of hydrogen-bond donors (Lipinski definition) is 2. The van der Waals surface area contributed by atoms with Crippen molar-refractivity contribution in [3.05, 3.63) is 48.0 Å². The van der Waals surface area contributed by atoms with Gasteiger partial charge in [0, 0.05) is 23.2 Å². The topological polar surface area (TPSA) is 97.0 Å². The van der Waals surface area contributed by atoms with Crippen molar-refractivity contribution in [1.82, 2.24) is 10.2 Å². The number of likely N-dealkylation sites (tertiary alicyclic amines) is 1. The van der Waals surface area contributed by atoms with Gasteiger partial charge in [0.25, 0.3) is 9.84 Å². The third kappa shape index (κ3) is 5.08. The lowest BCUT2D eigenvalue weighted by Crippen LogP contribution is -2.52. The van der Waals surface area contributed by atoms with Crippen LogP contribution in [0.1, 0.15) is 31.2 Å². The third-order valence-corrected chi connectivity index (χ3v) is 9.01. The second-order valence-corrected chi connectivity index (χ2v) is 11.5. The molecule has 2 aromatic rings. The number of halogens is 3. The Kier molecular flexibility index (Phi) is 7.35. The molecule has 1 aliphatic heterocycles. The van der Waals surface area contributed by atoms with Crippen LogP contribution >= 0.6 is 0 Å². The van der Waals surface area contributed by atoms with Gasteiger partial charge in [0.2, 0.25) is 0 Å². The van der Waals surface area contributed by atoms with Crippen molar-refractivity contribution in [3.63, 3.8) is 0 Å². The maximum absolute atomic E-state index is 12.9. The quantitative estimate of drug-likeness (QED) is 0.566. The maximum atomic E-state index is 12.9. The van der Waals surface area contributed by atoms with Crippen LogP contribution in [-0.4, -0.2) is 64.8 Å². The van der Waals surface area contributed by atoms with E-state index in [2.05, 4.69) is 28.6 Å². The zero-order chi connectivity index (χ0) is 27.0. The fourth-order valence-electron chi connectivity index (χ4n) is 5.62. The zero-order valence-corrected chi connectivity index (χ0v) is 21.6. The molecule has 2 aromatic carbocycles. The first-order valence-corrected chi connectivity index (χ1v) is 13.3. The Morgan fingerprint density at radius 2 is 1.81 bits per heavy atom. The second kappa shape index (κ2) is 10.1. The molecule has 0 spiro atoms. The van der Waals surface area contributed by atoms with E-state index in [4.69, 9.17) is 9.47 Å². The van der Waals surface area contributed by atoms with Gasteiger partial charge in [0.05, 0.1) is 19.1 Å². The summed E-state index contributed by atoms with van der Waals surface area (Å²) < 4.78 is 73.0. The van der Waals surface area contributed by atoms with Crippen molar-refractivity contribution in [2.24, 2.45) is 0 Å². The van der Waals surface area contributed by atoms with E-state index in [1.807, 2.05) is 12.1 Å². The molecule has 1 heterocycles. The number of urea groups is 1. The van der Waals surface area contributed by atoms with Gasteiger partial charge in [-0.05, 0) is 75.2 Å². The number of hydrogen-bond acceptors (Lipinski definition) is 6. The van der Waals surface area contributed by atoms with E-state index < -0.39 is 26.3 Å². The Labute approximate surface area is 214 Å². The summed E-state index contributed by atoms with van der Waals surface area (Å²) in [4.78, 5) is 14.0. The first-order chi connectivity index (χ1) is 17.4. The highest BCUT2D eigenvalue weighted by molar-refractivity contribution is 7.92. The molecule has 2 amide bonds. The molecule has 8 nitrogen and oxygen atoms in total. The third-order valence-electron chi connectivity index (χ3n) is 7.53. The van der Waals surface area contributed by atoms with Gasteiger partial charge in [-0.3, -0.25) is 0 Å². The number of carbonyl (C=O) groups is 1. The molecule has 2 aliphatic rings. The van der Waals surface area contributed by atoms with Gasteiger partial charge < -0.3 is 25.0 Å². The molecule has 0 radical (unpaired) electrons. The van der Waals surface area contributed by atoms with Crippen molar-refractivity contribution >= 4 is 21.6 Å². The molecule has 4 rings (SSSR count). The summed E-state index contributed by atoms with van der Waals surface area (Å²) >= 11 is 0. The Bertz CT molecular complexity index is 1270. The highest BCUT2D eigenvalue weighted by Crippen LogP contribution is 2.49. The summed E-state index contributed by atoms with van der Waals surface area (Å²) in [6.45, 7) is 0.901. The van der Waals surface area contributed by atoms with Crippen molar-refractivity contribution in [3.8, 4) is 11.5 Å². The summed E-state index contributed by atoms with van der Waals surface area (Å²) in [5.74, 6) is 1.32. The Morgan fingerprint density at radius 3 is 2.49 bits per heavy atom. The highest BCUT2D eigenvalue weighted by Gasteiger charge is 2.51. The number of amides is 2. The number of nitrogens with zero attached hydrogens (tertiary/aromatic N) is 1. The number of benzene rings is 2. The monoisotopic (exact) mass is 541 g/mol. The minimum atomic E-state index is -5.51. The highest BCUT2D eigenvalue weighted by atomic mass is 32.2. The van der Waals surface area contributed by atoms with Crippen LogP contribution in [0.4, 0.5) is 23.7 Å².